The van der Waals surface area contributed by atoms with Crippen LogP contribution < -0.4 is 10.3 Å². The van der Waals surface area contributed by atoms with E-state index in [1.807, 2.05) is 20.8 Å². The molecular weight excluding hydrogens is 579 g/mol. The van der Waals surface area contributed by atoms with Crippen LogP contribution in [0.25, 0.3) is 11.1 Å². The lowest BCUT2D eigenvalue weighted by Gasteiger charge is -2.27. The maximum atomic E-state index is 13.9. The predicted octanol–water partition coefficient (Wildman–Crippen LogP) is 5.64. The quantitative estimate of drug-likeness (QED) is 0.248. The number of ketones is 1. The Balaban J connectivity index is 2.31. The molecule has 11 heteroatoms. The molecule has 210 valence electrons. The molecule has 0 fully saturated rings. The SMILES string of the molecule is CCS(=O)(=O)Cc1ccc(C(=O)c2c(Cl)cccc2Cl)c(-c2cn(C)c(=O)cc2C(C)N[S+]([O-])C(C)(C)C)c1. The normalized spacial score (nSPS) is 13.8. The summed E-state index contributed by atoms with van der Waals surface area (Å²) in [7, 11) is -1.80. The predicted molar refractivity (Wildman–Crippen MR) is 160 cm³/mol. The van der Waals surface area contributed by atoms with Gasteiger partial charge in [0.1, 0.15) is 4.75 Å². The molecule has 0 saturated carbocycles. The van der Waals surface area contributed by atoms with E-state index >= 15 is 0 Å². The fourth-order valence-electron chi connectivity index (χ4n) is 3.94. The van der Waals surface area contributed by atoms with E-state index in [-0.39, 0.29) is 38.2 Å². The van der Waals surface area contributed by atoms with Gasteiger partial charge >= 0.3 is 0 Å². The van der Waals surface area contributed by atoms with Crippen LogP contribution in [0, 0.1) is 0 Å². The summed E-state index contributed by atoms with van der Waals surface area (Å²) < 4.78 is 41.6. The Kier molecular flexibility index (Phi) is 9.79. The van der Waals surface area contributed by atoms with Gasteiger partial charge in [0, 0.05) is 47.6 Å². The largest absolute Gasteiger partial charge is 0.598 e. The first-order valence-corrected chi connectivity index (χ1v) is 16.0. The molecule has 0 amide bonds. The molecule has 2 aromatic carbocycles. The van der Waals surface area contributed by atoms with Crippen LogP contribution >= 0.6 is 23.2 Å². The third-order valence-corrected chi connectivity index (χ3v) is 10.2. The molecule has 1 heterocycles. The van der Waals surface area contributed by atoms with Gasteiger partial charge in [-0.05, 0) is 62.6 Å². The molecule has 0 bridgehead atoms. The smallest absolute Gasteiger partial charge is 0.250 e. The third-order valence-electron chi connectivity index (χ3n) is 6.20. The minimum Gasteiger partial charge on any atom is -0.598 e. The molecule has 0 spiro atoms. The van der Waals surface area contributed by atoms with Crippen LogP contribution in [0.5, 0.6) is 0 Å². The molecular formula is C28H32Cl2N2O5S2. The first-order valence-electron chi connectivity index (χ1n) is 12.3. The lowest BCUT2D eigenvalue weighted by Crippen LogP contribution is -2.41. The molecule has 7 nitrogen and oxygen atoms in total. The second-order valence-corrected chi connectivity index (χ2v) is 15.5. The number of rotatable bonds is 9. The Morgan fingerprint density at radius 3 is 2.28 bits per heavy atom. The third kappa shape index (κ3) is 7.34. The molecule has 1 aromatic heterocycles. The Morgan fingerprint density at radius 2 is 1.72 bits per heavy atom. The summed E-state index contributed by atoms with van der Waals surface area (Å²) in [6.07, 6.45) is 1.59. The molecule has 0 aliphatic rings. The average Bonchev–Trinajstić information content (AvgIpc) is 2.84. The molecule has 0 radical (unpaired) electrons. The summed E-state index contributed by atoms with van der Waals surface area (Å²) >= 11 is 11.3. The van der Waals surface area contributed by atoms with Crippen LogP contribution in [-0.2, 0) is 34.0 Å². The second kappa shape index (κ2) is 12.2. The number of sulfone groups is 1. The van der Waals surface area contributed by atoms with E-state index in [9.17, 15) is 22.6 Å². The molecule has 0 saturated heterocycles. The lowest BCUT2D eigenvalue weighted by atomic mass is 9.89. The van der Waals surface area contributed by atoms with Gasteiger partial charge in [0.25, 0.3) is 5.56 Å². The number of benzene rings is 2. The molecule has 1 N–H and O–H groups in total. The van der Waals surface area contributed by atoms with E-state index in [4.69, 9.17) is 23.2 Å². The lowest BCUT2D eigenvalue weighted by molar-refractivity contribution is 0.103. The minimum absolute atomic E-state index is 0.0388. The fraction of sp³-hybridized carbons (Fsp3) is 0.357. The zero-order valence-electron chi connectivity index (χ0n) is 22.7. The van der Waals surface area contributed by atoms with Gasteiger partial charge in [-0.3, -0.25) is 9.59 Å². The molecule has 0 aliphatic carbocycles. The van der Waals surface area contributed by atoms with Crippen molar-refractivity contribution in [2.45, 2.75) is 51.2 Å². The van der Waals surface area contributed by atoms with Crippen LogP contribution in [0.2, 0.25) is 10.0 Å². The summed E-state index contributed by atoms with van der Waals surface area (Å²) in [4.78, 5) is 26.6. The van der Waals surface area contributed by atoms with E-state index in [0.717, 1.165) is 0 Å². The van der Waals surface area contributed by atoms with Gasteiger partial charge in [-0.1, -0.05) is 48.3 Å². The van der Waals surface area contributed by atoms with Gasteiger partial charge in [-0.15, -0.1) is 4.72 Å². The summed E-state index contributed by atoms with van der Waals surface area (Å²) in [5.74, 6) is -0.715. The fourth-order valence-corrected chi connectivity index (χ4v) is 6.20. The zero-order chi connectivity index (χ0) is 29.3. The second-order valence-electron chi connectivity index (χ2n) is 10.3. The highest BCUT2D eigenvalue weighted by Crippen LogP contribution is 2.35. The van der Waals surface area contributed by atoms with Crippen molar-refractivity contribution in [3.05, 3.63) is 91.3 Å². The van der Waals surface area contributed by atoms with E-state index in [2.05, 4.69) is 4.72 Å². The monoisotopic (exact) mass is 610 g/mol. The number of nitrogens with zero attached hydrogens (tertiary/aromatic N) is 1. The number of pyridine rings is 1. The van der Waals surface area contributed by atoms with Crippen molar-refractivity contribution in [3.8, 4) is 11.1 Å². The maximum Gasteiger partial charge on any atom is 0.250 e. The highest BCUT2D eigenvalue weighted by molar-refractivity contribution is 7.91. The Bertz CT molecular complexity index is 1540. The molecule has 3 aromatic rings. The number of carbonyl (C=O) groups excluding carboxylic acids is 1. The summed E-state index contributed by atoms with van der Waals surface area (Å²) in [5, 5.41) is 0.347. The van der Waals surface area contributed by atoms with E-state index in [1.165, 1.54) is 10.6 Å². The minimum atomic E-state index is -3.38. The van der Waals surface area contributed by atoms with E-state index < -0.39 is 37.8 Å². The van der Waals surface area contributed by atoms with Crippen LogP contribution in [0.15, 0.2) is 53.5 Å². The van der Waals surface area contributed by atoms with Gasteiger partial charge in [0.2, 0.25) is 0 Å². The molecule has 2 atom stereocenters. The number of aromatic nitrogens is 1. The van der Waals surface area contributed by atoms with Crippen molar-refractivity contribution in [1.29, 1.82) is 0 Å². The van der Waals surface area contributed by atoms with Crippen molar-refractivity contribution >= 4 is 50.2 Å². The van der Waals surface area contributed by atoms with Crippen LogP contribution in [0.4, 0.5) is 0 Å². The van der Waals surface area contributed by atoms with Crippen LogP contribution in [0.1, 0.15) is 67.7 Å². The van der Waals surface area contributed by atoms with Crippen LogP contribution in [-0.4, -0.2) is 33.8 Å². The number of carbonyl (C=O) groups is 1. The number of halogens is 2. The van der Waals surface area contributed by atoms with Gasteiger partial charge in [-0.25, -0.2) is 8.42 Å². The molecule has 39 heavy (non-hydrogen) atoms. The van der Waals surface area contributed by atoms with Crippen molar-refractivity contribution < 1.29 is 17.8 Å². The zero-order valence-corrected chi connectivity index (χ0v) is 25.8. The molecule has 0 aliphatic heterocycles. The maximum absolute atomic E-state index is 13.9. The van der Waals surface area contributed by atoms with Crippen molar-refractivity contribution in [2.24, 2.45) is 7.05 Å². The molecule has 2 unspecified atom stereocenters. The standard InChI is InChI=1S/C28H32Cl2N2O5S2/c1-7-39(36,37)16-18-11-12-19(27(34)26-23(29)9-8-10-24(26)30)21(13-18)22-15-32(6)25(33)14-20(22)17(2)31-38(35)28(3,4)5/h8-15,17,31H,7,16H2,1-6H3. The number of hydrogen-bond acceptors (Lipinski definition) is 6. The van der Waals surface area contributed by atoms with Gasteiger partial charge < -0.3 is 9.12 Å². The number of aryl methyl sites for hydroxylation is 1. The highest BCUT2D eigenvalue weighted by atomic mass is 35.5. The Morgan fingerprint density at radius 1 is 1.10 bits per heavy atom. The summed E-state index contributed by atoms with van der Waals surface area (Å²) in [6.45, 7) is 8.83. The first-order chi connectivity index (χ1) is 18.1. The Hall–Kier alpha value is -2.14. The topological polar surface area (TPSA) is 108 Å². The van der Waals surface area contributed by atoms with Crippen molar-refractivity contribution in [1.82, 2.24) is 9.29 Å². The Labute approximate surface area is 242 Å². The van der Waals surface area contributed by atoms with Crippen LogP contribution in [0.3, 0.4) is 0 Å². The van der Waals surface area contributed by atoms with Gasteiger partial charge in [-0.2, -0.15) is 0 Å². The van der Waals surface area contributed by atoms with Gasteiger partial charge in [0.05, 0.1) is 27.4 Å². The van der Waals surface area contributed by atoms with E-state index in [0.29, 0.717) is 22.3 Å². The highest BCUT2D eigenvalue weighted by Gasteiger charge is 2.30. The molecule has 3 rings (SSSR count). The van der Waals surface area contributed by atoms with Crippen molar-refractivity contribution in [3.63, 3.8) is 0 Å². The summed E-state index contributed by atoms with van der Waals surface area (Å²) in [6, 6.07) is 10.4. The first kappa shape index (κ1) is 31.4. The van der Waals surface area contributed by atoms with E-state index in [1.54, 1.807) is 63.5 Å². The van der Waals surface area contributed by atoms with Crippen molar-refractivity contribution in [2.75, 3.05) is 5.75 Å². The average molecular weight is 612 g/mol. The number of hydrogen-bond donors (Lipinski definition) is 1. The van der Waals surface area contributed by atoms with Gasteiger partial charge in [0.15, 0.2) is 15.6 Å². The number of nitrogens with one attached hydrogen (secondary N) is 1. The summed E-state index contributed by atoms with van der Waals surface area (Å²) in [5.41, 5.74) is 1.94.